The minimum atomic E-state index is -0.603. The van der Waals surface area contributed by atoms with Gasteiger partial charge in [0.2, 0.25) is 0 Å². The van der Waals surface area contributed by atoms with Crippen LogP contribution in [0, 0.1) is 13.8 Å². The molecule has 0 aliphatic heterocycles. The summed E-state index contributed by atoms with van der Waals surface area (Å²) in [6, 6.07) is 14.6. The standard InChI is InChI=1S/C33H30Cl2N4O6/c1-18-6-3-8-22(20-12-13-20)30(18)44-32-24(16-26(34)36-38-32)42-28(40)10-5-11-29(41)43-25-17-27(35)37-39-33(25)45-31-19(2)7-4-9-23(31)21-14-15-21/h3-4,6-9,16-17,20-21H,5,10-15H2,1-2H3. The molecular weight excluding hydrogens is 619 g/mol. The van der Waals surface area contributed by atoms with E-state index in [9.17, 15) is 9.59 Å². The molecule has 0 saturated heterocycles. The Bertz CT molecular complexity index is 1630. The lowest BCUT2D eigenvalue weighted by Gasteiger charge is -2.15. The molecule has 2 aromatic heterocycles. The minimum Gasteiger partial charge on any atom is -0.434 e. The van der Waals surface area contributed by atoms with Gasteiger partial charge < -0.3 is 18.9 Å². The number of ether oxygens (including phenoxy) is 4. The molecule has 4 aromatic rings. The number of halogens is 2. The van der Waals surface area contributed by atoms with Crippen molar-refractivity contribution in [1.82, 2.24) is 20.4 Å². The summed E-state index contributed by atoms with van der Waals surface area (Å²) in [6.07, 6.45) is 4.33. The van der Waals surface area contributed by atoms with Crippen molar-refractivity contribution >= 4 is 35.1 Å². The topological polar surface area (TPSA) is 123 Å². The lowest BCUT2D eigenvalue weighted by atomic mass is 10.1. The van der Waals surface area contributed by atoms with E-state index in [1.807, 2.05) is 50.2 Å². The fraction of sp³-hybridized carbons (Fsp3) is 0.333. The summed E-state index contributed by atoms with van der Waals surface area (Å²) in [7, 11) is 0. The zero-order valence-electron chi connectivity index (χ0n) is 24.7. The van der Waals surface area contributed by atoms with E-state index in [1.165, 1.54) is 12.1 Å². The maximum atomic E-state index is 12.8. The van der Waals surface area contributed by atoms with E-state index in [2.05, 4.69) is 20.4 Å². The summed E-state index contributed by atoms with van der Waals surface area (Å²) in [5.74, 6) is 1.09. The Balaban J connectivity index is 1.07. The number of aryl methyl sites for hydroxylation is 2. The Morgan fingerprint density at radius 3 is 1.51 bits per heavy atom. The third kappa shape index (κ3) is 7.69. The van der Waals surface area contributed by atoms with E-state index in [0.717, 1.165) is 47.9 Å². The number of aromatic nitrogens is 4. The molecule has 2 saturated carbocycles. The molecule has 2 aliphatic rings. The number of hydrogen-bond donors (Lipinski definition) is 0. The Labute approximate surface area is 270 Å². The van der Waals surface area contributed by atoms with E-state index >= 15 is 0 Å². The highest BCUT2D eigenvalue weighted by Gasteiger charge is 2.30. The molecule has 0 unspecified atom stereocenters. The second-order valence-electron chi connectivity index (χ2n) is 11.2. The molecule has 0 radical (unpaired) electrons. The molecule has 12 heteroatoms. The van der Waals surface area contributed by atoms with Crippen LogP contribution in [0.1, 0.15) is 79.0 Å². The number of carbonyl (C=O) groups is 2. The lowest BCUT2D eigenvalue weighted by molar-refractivity contribution is -0.136. The highest BCUT2D eigenvalue weighted by molar-refractivity contribution is 6.29. The smallest absolute Gasteiger partial charge is 0.311 e. The first-order valence-corrected chi connectivity index (χ1v) is 15.5. The SMILES string of the molecule is Cc1cccc(C2CC2)c1Oc1nnc(Cl)cc1OC(=O)CCCC(=O)Oc1cc(Cl)nnc1Oc1c(C)cccc1C1CC1. The largest absolute Gasteiger partial charge is 0.434 e. The van der Waals surface area contributed by atoms with Gasteiger partial charge in [-0.2, -0.15) is 0 Å². The van der Waals surface area contributed by atoms with E-state index < -0.39 is 11.9 Å². The van der Waals surface area contributed by atoms with Gasteiger partial charge >= 0.3 is 11.9 Å². The predicted octanol–water partition coefficient (Wildman–Crippen LogP) is 8.21. The molecule has 2 heterocycles. The van der Waals surface area contributed by atoms with Crippen LogP contribution >= 0.6 is 23.2 Å². The number of esters is 2. The third-order valence-electron chi connectivity index (χ3n) is 7.52. The van der Waals surface area contributed by atoms with Gasteiger partial charge in [-0.3, -0.25) is 9.59 Å². The van der Waals surface area contributed by atoms with Crippen molar-refractivity contribution in [3.8, 4) is 34.8 Å². The van der Waals surface area contributed by atoms with Crippen molar-refractivity contribution in [2.24, 2.45) is 0 Å². The predicted molar refractivity (Wildman–Crippen MR) is 166 cm³/mol. The van der Waals surface area contributed by atoms with Gasteiger partial charge in [-0.1, -0.05) is 59.6 Å². The summed E-state index contributed by atoms with van der Waals surface area (Å²) in [4.78, 5) is 25.5. The minimum absolute atomic E-state index is 0.0245. The quantitative estimate of drug-likeness (QED) is 0.139. The van der Waals surface area contributed by atoms with E-state index in [1.54, 1.807) is 0 Å². The number of carbonyl (C=O) groups excluding carboxylic acids is 2. The Morgan fingerprint density at radius 1 is 0.689 bits per heavy atom. The fourth-order valence-electron chi connectivity index (χ4n) is 4.95. The molecule has 45 heavy (non-hydrogen) atoms. The van der Waals surface area contributed by atoms with Crippen LogP contribution in [-0.4, -0.2) is 32.3 Å². The van der Waals surface area contributed by atoms with Crippen LogP contribution in [0.2, 0.25) is 10.3 Å². The van der Waals surface area contributed by atoms with E-state index in [0.29, 0.717) is 23.3 Å². The Hall–Kier alpha value is -4.28. The second-order valence-corrected chi connectivity index (χ2v) is 12.0. The normalized spacial score (nSPS) is 14.1. The maximum Gasteiger partial charge on any atom is 0.311 e. The highest BCUT2D eigenvalue weighted by Crippen LogP contribution is 2.48. The van der Waals surface area contributed by atoms with Crippen molar-refractivity contribution in [2.75, 3.05) is 0 Å². The molecule has 0 bridgehead atoms. The first kappa shape index (κ1) is 30.7. The van der Waals surface area contributed by atoms with E-state index in [4.69, 9.17) is 42.1 Å². The van der Waals surface area contributed by atoms with Gasteiger partial charge in [-0.05, 0) is 80.0 Å². The number of benzene rings is 2. The van der Waals surface area contributed by atoms with Gasteiger partial charge in [0.15, 0.2) is 21.8 Å². The maximum absolute atomic E-state index is 12.8. The van der Waals surface area contributed by atoms with Crippen LogP contribution in [0.4, 0.5) is 0 Å². The monoisotopic (exact) mass is 648 g/mol. The van der Waals surface area contributed by atoms with Gasteiger partial charge in [0.05, 0.1) is 0 Å². The van der Waals surface area contributed by atoms with Crippen molar-refractivity contribution < 1.29 is 28.5 Å². The molecule has 0 atom stereocenters. The molecule has 0 N–H and O–H groups in total. The van der Waals surface area contributed by atoms with Crippen molar-refractivity contribution in [2.45, 2.75) is 70.6 Å². The summed E-state index contributed by atoms with van der Waals surface area (Å²) in [6.45, 7) is 3.88. The van der Waals surface area contributed by atoms with Crippen LogP contribution < -0.4 is 18.9 Å². The molecule has 10 nitrogen and oxygen atoms in total. The fourth-order valence-corrected chi connectivity index (χ4v) is 5.22. The van der Waals surface area contributed by atoms with Gasteiger partial charge in [-0.25, -0.2) is 0 Å². The molecule has 232 valence electrons. The molecule has 2 aliphatic carbocycles. The van der Waals surface area contributed by atoms with Crippen LogP contribution in [0.3, 0.4) is 0 Å². The van der Waals surface area contributed by atoms with Crippen LogP contribution in [0.15, 0.2) is 48.5 Å². The lowest BCUT2D eigenvalue weighted by Crippen LogP contribution is -2.13. The van der Waals surface area contributed by atoms with Crippen molar-refractivity contribution in [3.05, 3.63) is 81.1 Å². The Kier molecular flexibility index (Phi) is 9.14. The van der Waals surface area contributed by atoms with Crippen LogP contribution in [0.5, 0.6) is 34.8 Å². The summed E-state index contributed by atoms with van der Waals surface area (Å²) < 4.78 is 23.3. The van der Waals surface area contributed by atoms with Crippen LogP contribution in [-0.2, 0) is 9.59 Å². The summed E-state index contributed by atoms with van der Waals surface area (Å²) >= 11 is 12.1. The van der Waals surface area contributed by atoms with Crippen molar-refractivity contribution in [3.63, 3.8) is 0 Å². The van der Waals surface area contributed by atoms with Crippen LogP contribution in [0.25, 0.3) is 0 Å². The summed E-state index contributed by atoms with van der Waals surface area (Å²) in [5.41, 5.74) is 4.00. The highest BCUT2D eigenvalue weighted by atomic mass is 35.5. The zero-order chi connectivity index (χ0) is 31.5. The number of hydrogen-bond acceptors (Lipinski definition) is 10. The molecule has 2 fully saturated rings. The average molecular weight is 650 g/mol. The summed E-state index contributed by atoms with van der Waals surface area (Å²) in [5, 5.41) is 15.8. The number of para-hydroxylation sites is 2. The second kappa shape index (κ2) is 13.4. The van der Waals surface area contributed by atoms with E-state index in [-0.39, 0.29) is 52.8 Å². The Morgan fingerprint density at radius 2 is 1.11 bits per heavy atom. The molecule has 0 spiro atoms. The van der Waals surface area contributed by atoms with Gasteiger partial charge in [0, 0.05) is 25.0 Å². The average Bonchev–Trinajstić information content (AvgIpc) is 3.92. The van der Waals surface area contributed by atoms with Gasteiger partial charge in [-0.15, -0.1) is 20.4 Å². The first-order chi connectivity index (χ1) is 21.7. The molecular formula is C33H30Cl2N4O6. The zero-order valence-corrected chi connectivity index (χ0v) is 26.2. The molecule has 6 rings (SSSR count). The number of rotatable bonds is 12. The van der Waals surface area contributed by atoms with Gasteiger partial charge in [0.1, 0.15) is 11.5 Å². The van der Waals surface area contributed by atoms with Crippen molar-refractivity contribution in [1.29, 1.82) is 0 Å². The van der Waals surface area contributed by atoms with Gasteiger partial charge in [0.25, 0.3) is 11.8 Å². The number of nitrogens with zero attached hydrogens (tertiary/aromatic N) is 4. The third-order valence-corrected chi connectivity index (χ3v) is 7.89. The molecule has 0 amide bonds. The molecule has 2 aromatic carbocycles. The first-order valence-electron chi connectivity index (χ1n) is 14.8.